The second-order valence-electron chi connectivity index (χ2n) is 8.64. The van der Waals surface area contributed by atoms with Crippen LogP contribution < -0.4 is 24.4 Å². The number of aromatic hydroxyl groups is 1. The molecular formula is C29H22N2O6S. The first kappa shape index (κ1) is 23.7. The summed E-state index contributed by atoms with van der Waals surface area (Å²) in [4.78, 5) is 32.7. The fourth-order valence-corrected chi connectivity index (χ4v) is 5.56. The van der Waals surface area contributed by atoms with E-state index in [1.165, 1.54) is 15.9 Å². The van der Waals surface area contributed by atoms with Crippen molar-refractivity contribution >= 4 is 29.1 Å². The molecule has 0 saturated carbocycles. The molecular weight excluding hydrogens is 504 g/mol. The highest BCUT2D eigenvalue weighted by Gasteiger charge is 2.36. The number of carbonyl (C=O) groups excluding carboxylic acids is 1. The zero-order valence-corrected chi connectivity index (χ0v) is 21.1. The molecule has 0 amide bonds. The van der Waals surface area contributed by atoms with Crippen molar-refractivity contribution in [3.63, 3.8) is 0 Å². The Morgan fingerprint density at radius 3 is 2.63 bits per heavy atom. The summed E-state index contributed by atoms with van der Waals surface area (Å²) in [6, 6.07) is 20.5. The minimum absolute atomic E-state index is 0.101. The van der Waals surface area contributed by atoms with E-state index in [9.17, 15) is 14.7 Å². The second kappa shape index (κ2) is 9.68. The summed E-state index contributed by atoms with van der Waals surface area (Å²) in [5.74, 6) is 0.720. The van der Waals surface area contributed by atoms with Gasteiger partial charge in [-0.25, -0.2) is 9.79 Å². The average Bonchev–Trinajstić information content (AvgIpc) is 3.53. The number of nitrogens with zero attached hydrogens (tertiary/aromatic N) is 2. The number of thiazole rings is 1. The maximum absolute atomic E-state index is 13.9. The number of aromatic nitrogens is 1. The third-order valence-corrected chi connectivity index (χ3v) is 7.26. The van der Waals surface area contributed by atoms with Gasteiger partial charge in [0.25, 0.3) is 5.56 Å². The van der Waals surface area contributed by atoms with Crippen LogP contribution in [0.3, 0.4) is 0 Å². The van der Waals surface area contributed by atoms with Gasteiger partial charge in [-0.3, -0.25) is 9.36 Å². The fraction of sp³-hybridized carbons (Fsp3) is 0.138. The first-order valence-electron chi connectivity index (χ1n) is 12.0. The number of rotatable bonds is 5. The summed E-state index contributed by atoms with van der Waals surface area (Å²) in [6.45, 7) is 2.01. The van der Waals surface area contributed by atoms with Gasteiger partial charge < -0.3 is 19.3 Å². The molecule has 6 rings (SSSR count). The molecule has 8 nitrogen and oxygen atoms in total. The largest absolute Gasteiger partial charge is 0.508 e. The Balaban J connectivity index is 1.64. The van der Waals surface area contributed by atoms with Gasteiger partial charge in [0.15, 0.2) is 16.3 Å². The third-order valence-electron chi connectivity index (χ3n) is 6.28. The molecule has 1 N–H and O–H groups in total. The van der Waals surface area contributed by atoms with Gasteiger partial charge in [-0.2, -0.15) is 0 Å². The van der Waals surface area contributed by atoms with Crippen LogP contribution >= 0.6 is 11.3 Å². The van der Waals surface area contributed by atoms with E-state index in [0.29, 0.717) is 32.1 Å². The number of hydrogen-bond acceptors (Lipinski definition) is 8. The maximum Gasteiger partial charge on any atom is 0.338 e. The van der Waals surface area contributed by atoms with Crippen molar-refractivity contribution in [2.75, 3.05) is 13.4 Å². The zero-order chi connectivity index (χ0) is 26.2. The lowest BCUT2D eigenvalue weighted by Gasteiger charge is -2.26. The van der Waals surface area contributed by atoms with Crippen LogP contribution in [-0.2, 0) is 9.53 Å². The summed E-state index contributed by atoms with van der Waals surface area (Å²) < 4.78 is 18.6. The number of esters is 1. The Morgan fingerprint density at radius 2 is 1.87 bits per heavy atom. The number of phenols is 1. The van der Waals surface area contributed by atoms with Crippen LogP contribution in [0.2, 0.25) is 0 Å². The Labute approximate surface area is 221 Å². The van der Waals surface area contributed by atoms with Gasteiger partial charge in [0.2, 0.25) is 6.79 Å². The second-order valence-corrected chi connectivity index (χ2v) is 9.64. The molecule has 9 heteroatoms. The SMILES string of the molecule is CCOC(=O)C1=C(c2ccccc2)N=c2s/c(=C\c3ccc(O)cc3)c(=O)n2[C@@H]1c1ccc2c(c1)OCO2. The van der Waals surface area contributed by atoms with Crippen LogP contribution in [0, 0.1) is 0 Å². The number of carbonyl (C=O) groups is 1. The summed E-state index contributed by atoms with van der Waals surface area (Å²) >= 11 is 1.23. The summed E-state index contributed by atoms with van der Waals surface area (Å²) in [5.41, 5.74) is 2.57. The number of phenolic OH excluding ortho intramolecular Hbond substituents is 1. The van der Waals surface area contributed by atoms with Crippen molar-refractivity contribution in [1.29, 1.82) is 0 Å². The standard InChI is InChI=1S/C29H22N2O6S/c1-2-35-28(34)24-25(18-6-4-3-5-7-18)30-29-31(26(24)19-10-13-21-22(15-19)37-16-36-21)27(33)23(38-29)14-17-8-11-20(32)12-9-17/h3-15,26,32H,2,16H2,1H3/b23-14-/t26-/m1/s1. The molecule has 1 aromatic heterocycles. The van der Waals surface area contributed by atoms with E-state index in [1.807, 2.05) is 36.4 Å². The molecule has 0 aliphatic carbocycles. The molecule has 0 spiro atoms. The molecule has 2 aliphatic rings. The van der Waals surface area contributed by atoms with Crippen molar-refractivity contribution in [2.45, 2.75) is 13.0 Å². The highest BCUT2D eigenvalue weighted by molar-refractivity contribution is 7.07. The first-order chi connectivity index (χ1) is 18.5. The Bertz CT molecular complexity index is 1750. The minimum Gasteiger partial charge on any atom is -0.508 e. The lowest BCUT2D eigenvalue weighted by molar-refractivity contribution is -0.138. The fourth-order valence-electron chi connectivity index (χ4n) is 4.56. The van der Waals surface area contributed by atoms with E-state index < -0.39 is 12.0 Å². The van der Waals surface area contributed by atoms with Crippen molar-refractivity contribution in [2.24, 2.45) is 4.99 Å². The Hall–Kier alpha value is -4.63. The molecule has 0 radical (unpaired) electrons. The molecule has 0 saturated heterocycles. The van der Waals surface area contributed by atoms with Crippen LogP contribution in [0.15, 0.2) is 88.2 Å². The molecule has 0 unspecified atom stereocenters. The smallest absolute Gasteiger partial charge is 0.338 e. The number of hydrogen-bond donors (Lipinski definition) is 1. The van der Waals surface area contributed by atoms with Gasteiger partial charge in [-0.15, -0.1) is 0 Å². The number of benzene rings is 3. The van der Waals surface area contributed by atoms with E-state index in [4.69, 9.17) is 19.2 Å². The lowest BCUT2D eigenvalue weighted by atomic mass is 9.93. The van der Waals surface area contributed by atoms with Crippen molar-refractivity contribution in [1.82, 2.24) is 4.57 Å². The Morgan fingerprint density at radius 1 is 1.11 bits per heavy atom. The van der Waals surface area contributed by atoms with E-state index in [-0.39, 0.29) is 30.3 Å². The highest BCUT2D eigenvalue weighted by Crippen LogP contribution is 2.40. The van der Waals surface area contributed by atoms with Crippen molar-refractivity contribution in [3.05, 3.63) is 115 Å². The van der Waals surface area contributed by atoms with Crippen LogP contribution in [0.25, 0.3) is 11.8 Å². The number of fused-ring (bicyclic) bond motifs is 2. The minimum atomic E-state index is -0.808. The topological polar surface area (TPSA) is 99.4 Å². The molecule has 4 aromatic rings. The molecule has 3 heterocycles. The number of ether oxygens (including phenoxy) is 3. The van der Waals surface area contributed by atoms with Crippen LogP contribution in [0.5, 0.6) is 17.2 Å². The van der Waals surface area contributed by atoms with Gasteiger partial charge >= 0.3 is 5.97 Å². The lowest BCUT2D eigenvalue weighted by Crippen LogP contribution is -2.40. The van der Waals surface area contributed by atoms with Gasteiger partial charge in [0.1, 0.15) is 5.75 Å². The van der Waals surface area contributed by atoms with Gasteiger partial charge in [-0.1, -0.05) is 59.9 Å². The van der Waals surface area contributed by atoms with E-state index >= 15 is 0 Å². The highest BCUT2D eigenvalue weighted by atomic mass is 32.1. The summed E-state index contributed by atoms with van der Waals surface area (Å²) in [7, 11) is 0. The van der Waals surface area contributed by atoms with E-state index in [2.05, 4.69) is 0 Å². The normalized spacial score (nSPS) is 16.2. The predicted molar refractivity (Wildman–Crippen MR) is 142 cm³/mol. The predicted octanol–water partition coefficient (Wildman–Crippen LogP) is 3.37. The average molecular weight is 527 g/mol. The van der Waals surface area contributed by atoms with Crippen molar-refractivity contribution < 1.29 is 24.1 Å². The van der Waals surface area contributed by atoms with Crippen LogP contribution in [-0.4, -0.2) is 29.0 Å². The molecule has 2 aliphatic heterocycles. The summed E-state index contributed by atoms with van der Waals surface area (Å²) in [6.07, 6.45) is 1.75. The zero-order valence-electron chi connectivity index (χ0n) is 20.3. The molecule has 0 fully saturated rings. The quantitative estimate of drug-likeness (QED) is 0.401. The molecule has 190 valence electrons. The molecule has 38 heavy (non-hydrogen) atoms. The first-order valence-corrected chi connectivity index (χ1v) is 12.8. The van der Waals surface area contributed by atoms with Crippen molar-refractivity contribution in [3.8, 4) is 17.2 Å². The summed E-state index contributed by atoms with van der Waals surface area (Å²) in [5, 5.41) is 9.64. The molecule has 1 atom stereocenters. The van der Waals surface area contributed by atoms with Crippen LogP contribution in [0.1, 0.15) is 29.7 Å². The molecule has 0 bridgehead atoms. The Kier molecular flexibility index (Phi) is 6.05. The van der Waals surface area contributed by atoms with E-state index in [0.717, 1.165) is 11.1 Å². The molecule has 3 aromatic carbocycles. The van der Waals surface area contributed by atoms with Gasteiger partial charge in [-0.05, 0) is 48.4 Å². The monoisotopic (exact) mass is 526 g/mol. The van der Waals surface area contributed by atoms with Gasteiger partial charge in [0, 0.05) is 5.56 Å². The maximum atomic E-state index is 13.9. The van der Waals surface area contributed by atoms with E-state index in [1.54, 1.807) is 49.4 Å². The third kappa shape index (κ3) is 4.16. The van der Waals surface area contributed by atoms with Gasteiger partial charge in [0.05, 0.1) is 28.5 Å². The van der Waals surface area contributed by atoms with Crippen LogP contribution in [0.4, 0.5) is 0 Å².